The molecule has 0 spiro atoms. The summed E-state index contributed by atoms with van der Waals surface area (Å²) in [5, 5.41) is 7.15. The molecule has 2 N–H and O–H groups in total. The molecule has 0 bridgehead atoms. The third kappa shape index (κ3) is 9.17. The van der Waals surface area contributed by atoms with Crippen LogP contribution in [0.5, 0.6) is 0 Å². The fraction of sp³-hybridized carbons (Fsp3) is 0.957. The number of guanidine groups is 1. The number of ether oxygens (including phenoxy) is 1. The summed E-state index contributed by atoms with van der Waals surface area (Å²) in [6.07, 6.45) is 6.40. The Morgan fingerprint density at radius 1 is 1.07 bits per heavy atom. The fourth-order valence-corrected chi connectivity index (χ4v) is 4.77. The highest BCUT2D eigenvalue weighted by atomic mass is 127. The Morgan fingerprint density at radius 2 is 1.73 bits per heavy atom. The first-order valence-corrected chi connectivity index (χ1v) is 12.0. The van der Waals surface area contributed by atoms with E-state index >= 15 is 0 Å². The number of piperazine rings is 1. The van der Waals surface area contributed by atoms with Crippen LogP contribution in [0.3, 0.4) is 0 Å². The molecule has 1 unspecified atom stereocenters. The zero-order valence-electron chi connectivity index (χ0n) is 20.2. The quantitative estimate of drug-likeness (QED) is 0.183. The van der Waals surface area contributed by atoms with E-state index in [0.29, 0.717) is 17.4 Å². The Bertz CT molecular complexity index is 474. The van der Waals surface area contributed by atoms with Crippen LogP contribution in [0.25, 0.3) is 0 Å². The molecule has 1 saturated heterocycles. The molecule has 2 fully saturated rings. The minimum Gasteiger partial charge on any atom is -0.382 e. The van der Waals surface area contributed by atoms with Gasteiger partial charge in [-0.05, 0) is 51.5 Å². The van der Waals surface area contributed by atoms with E-state index in [9.17, 15) is 0 Å². The monoisotopic (exact) mass is 537 g/mol. The van der Waals surface area contributed by atoms with E-state index in [1.807, 2.05) is 0 Å². The maximum absolute atomic E-state index is 5.67. The zero-order valence-corrected chi connectivity index (χ0v) is 22.5. The molecule has 1 heterocycles. The summed E-state index contributed by atoms with van der Waals surface area (Å²) in [5.41, 5.74) is 0.340. The smallest absolute Gasteiger partial charge is 0.191 e. The molecule has 2 aliphatic rings. The van der Waals surface area contributed by atoms with Crippen molar-refractivity contribution < 1.29 is 4.74 Å². The zero-order chi connectivity index (χ0) is 21.1. The van der Waals surface area contributed by atoms with Crippen LogP contribution < -0.4 is 10.6 Å². The summed E-state index contributed by atoms with van der Waals surface area (Å²) in [6.45, 7) is 18.0. The van der Waals surface area contributed by atoms with Crippen molar-refractivity contribution in [3.8, 4) is 0 Å². The number of nitrogens with one attached hydrogen (secondary N) is 2. The van der Waals surface area contributed by atoms with Crippen molar-refractivity contribution in [3.63, 3.8) is 0 Å². The van der Waals surface area contributed by atoms with Crippen LogP contribution in [0.4, 0.5) is 0 Å². The van der Waals surface area contributed by atoms with Crippen molar-refractivity contribution in [1.29, 1.82) is 0 Å². The highest BCUT2D eigenvalue weighted by Gasteiger charge is 2.33. The largest absolute Gasteiger partial charge is 0.382 e. The first kappa shape index (κ1) is 27.9. The Balaban J connectivity index is 0.00000450. The predicted octanol–water partition coefficient (Wildman–Crippen LogP) is 3.42. The maximum atomic E-state index is 5.67. The lowest BCUT2D eigenvalue weighted by Crippen LogP contribution is -2.55. The van der Waals surface area contributed by atoms with Crippen LogP contribution in [0.15, 0.2) is 4.99 Å². The molecule has 1 aliphatic carbocycles. The summed E-state index contributed by atoms with van der Waals surface area (Å²) in [6, 6.07) is 0.547. The van der Waals surface area contributed by atoms with E-state index in [-0.39, 0.29) is 24.0 Å². The SMILES string of the molecule is CCNC(=NCC1(CCOCC)CCCC1)NCC(C(C)C)N1CCN(C)CC1.I. The molecule has 7 heteroatoms. The molecule has 0 radical (unpaired) electrons. The van der Waals surface area contributed by atoms with Gasteiger partial charge in [-0.25, -0.2) is 0 Å². The first-order valence-electron chi connectivity index (χ1n) is 12.0. The van der Waals surface area contributed by atoms with Gasteiger partial charge in [0.25, 0.3) is 0 Å². The number of aliphatic imine (C=N–C) groups is 1. The fourth-order valence-electron chi connectivity index (χ4n) is 4.77. The third-order valence-electron chi connectivity index (χ3n) is 6.82. The summed E-state index contributed by atoms with van der Waals surface area (Å²) in [7, 11) is 2.22. The average molecular weight is 538 g/mol. The van der Waals surface area contributed by atoms with Gasteiger partial charge in [-0.2, -0.15) is 0 Å². The lowest BCUT2D eigenvalue weighted by molar-refractivity contribution is 0.0899. The van der Waals surface area contributed by atoms with E-state index in [1.165, 1.54) is 38.8 Å². The molecular formula is C23H48IN5O. The van der Waals surface area contributed by atoms with Crippen molar-refractivity contribution in [2.75, 3.05) is 66.1 Å². The van der Waals surface area contributed by atoms with Crippen LogP contribution in [0.1, 0.15) is 59.8 Å². The lowest BCUT2D eigenvalue weighted by Gasteiger charge is -2.40. The number of hydrogen-bond acceptors (Lipinski definition) is 4. The van der Waals surface area contributed by atoms with Gasteiger partial charge in [0.2, 0.25) is 0 Å². The maximum Gasteiger partial charge on any atom is 0.191 e. The van der Waals surface area contributed by atoms with E-state index in [4.69, 9.17) is 9.73 Å². The Morgan fingerprint density at radius 3 is 2.30 bits per heavy atom. The topological polar surface area (TPSA) is 52.1 Å². The highest BCUT2D eigenvalue weighted by molar-refractivity contribution is 14.0. The molecule has 6 nitrogen and oxygen atoms in total. The molecule has 0 aromatic heterocycles. The van der Waals surface area contributed by atoms with Crippen molar-refractivity contribution in [2.24, 2.45) is 16.3 Å². The number of likely N-dealkylation sites (N-methyl/N-ethyl adjacent to an activating group) is 1. The minimum absolute atomic E-state index is 0. The Kier molecular flexibility index (Phi) is 13.8. The van der Waals surface area contributed by atoms with E-state index in [0.717, 1.165) is 58.3 Å². The number of halogens is 1. The molecule has 1 atom stereocenters. The number of hydrogen-bond donors (Lipinski definition) is 2. The van der Waals surface area contributed by atoms with Crippen LogP contribution in [-0.4, -0.2) is 87.9 Å². The molecule has 0 aromatic rings. The van der Waals surface area contributed by atoms with Crippen LogP contribution in [-0.2, 0) is 4.74 Å². The Hall–Kier alpha value is -0.120. The minimum atomic E-state index is 0. The Labute approximate surface area is 203 Å². The predicted molar refractivity (Wildman–Crippen MR) is 139 cm³/mol. The summed E-state index contributed by atoms with van der Waals surface area (Å²) in [4.78, 5) is 10.1. The van der Waals surface area contributed by atoms with Gasteiger partial charge >= 0.3 is 0 Å². The summed E-state index contributed by atoms with van der Waals surface area (Å²) >= 11 is 0. The van der Waals surface area contributed by atoms with Gasteiger partial charge in [0.1, 0.15) is 0 Å². The van der Waals surface area contributed by atoms with Crippen molar-refractivity contribution >= 4 is 29.9 Å². The van der Waals surface area contributed by atoms with E-state index in [2.05, 4.69) is 55.2 Å². The second-order valence-corrected chi connectivity index (χ2v) is 9.38. The highest BCUT2D eigenvalue weighted by Crippen LogP contribution is 2.41. The van der Waals surface area contributed by atoms with Crippen molar-refractivity contribution in [2.45, 2.75) is 65.8 Å². The van der Waals surface area contributed by atoms with Crippen molar-refractivity contribution in [3.05, 3.63) is 0 Å². The van der Waals surface area contributed by atoms with E-state index in [1.54, 1.807) is 0 Å². The molecule has 178 valence electrons. The van der Waals surface area contributed by atoms with E-state index < -0.39 is 0 Å². The van der Waals surface area contributed by atoms with Crippen molar-refractivity contribution in [1.82, 2.24) is 20.4 Å². The lowest BCUT2D eigenvalue weighted by atomic mass is 9.83. The molecule has 0 amide bonds. The van der Waals surface area contributed by atoms with Crippen LogP contribution >= 0.6 is 24.0 Å². The van der Waals surface area contributed by atoms with Crippen LogP contribution in [0.2, 0.25) is 0 Å². The first-order chi connectivity index (χ1) is 14.0. The molecule has 1 aliphatic heterocycles. The second kappa shape index (κ2) is 14.9. The molecule has 0 aromatic carbocycles. The van der Waals surface area contributed by atoms with Crippen LogP contribution in [0, 0.1) is 11.3 Å². The van der Waals surface area contributed by atoms with Gasteiger partial charge in [0.05, 0.1) is 0 Å². The normalized spacial score (nSPS) is 21.5. The number of rotatable bonds is 11. The summed E-state index contributed by atoms with van der Waals surface area (Å²) < 4.78 is 5.67. The molecular weight excluding hydrogens is 489 g/mol. The number of nitrogens with zero attached hydrogens (tertiary/aromatic N) is 3. The van der Waals surface area contributed by atoms with Gasteiger partial charge in [0.15, 0.2) is 5.96 Å². The van der Waals surface area contributed by atoms with Gasteiger partial charge in [-0.3, -0.25) is 9.89 Å². The molecule has 30 heavy (non-hydrogen) atoms. The van der Waals surface area contributed by atoms with Gasteiger partial charge in [0, 0.05) is 65.1 Å². The van der Waals surface area contributed by atoms with Gasteiger partial charge in [-0.1, -0.05) is 26.7 Å². The van der Waals surface area contributed by atoms with Gasteiger partial charge in [-0.15, -0.1) is 24.0 Å². The third-order valence-corrected chi connectivity index (χ3v) is 6.82. The molecule has 2 rings (SSSR count). The molecule has 1 saturated carbocycles. The second-order valence-electron chi connectivity index (χ2n) is 9.38. The average Bonchev–Trinajstić information content (AvgIpc) is 3.16. The summed E-state index contributed by atoms with van der Waals surface area (Å²) in [5.74, 6) is 1.61. The van der Waals surface area contributed by atoms with Gasteiger partial charge < -0.3 is 20.3 Å². The standard InChI is InChI=1S/C23H47N5O.HI/c1-6-24-22(26-19-23(10-8-9-11-23)12-17-29-7-2)25-18-21(20(3)4)28-15-13-27(5)14-16-28;/h20-21H,6-19H2,1-5H3,(H2,24,25,26);1H.